The standard InChI is InChI=1S/C18H25N5/c1-15(2)23(14-16-9-5-3-6-10-16)17-13-19-21-18(20-17)22-11-7-4-8-12-22/h3,5-6,9-10,13,15H,4,7-8,11-12,14H2,1-2H3. The number of aromatic nitrogens is 3. The SMILES string of the molecule is CC(C)N(Cc1ccccc1)c1cnnc(N2CCCCC2)n1. The van der Waals surface area contributed by atoms with Crippen molar-refractivity contribution in [3.63, 3.8) is 0 Å². The second-order valence-corrected chi connectivity index (χ2v) is 6.37. The topological polar surface area (TPSA) is 45.2 Å². The molecule has 0 N–H and O–H groups in total. The van der Waals surface area contributed by atoms with Crippen LogP contribution in [0.2, 0.25) is 0 Å². The summed E-state index contributed by atoms with van der Waals surface area (Å²) in [5.41, 5.74) is 1.28. The second-order valence-electron chi connectivity index (χ2n) is 6.37. The predicted molar refractivity (Wildman–Crippen MR) is 93.7 cm³/mol. The molecule has 3 rings (SSSR count). The highest BCUT2D eigenvalue weighted by atomic mass is 15.4. The molecule has 0 saturated carbocycles. The Bertz CT molecular complexity index is 608. The van der Waals surface area contributed by atoms with Crippen molar-refractivity contribution in [1.29, 1.82) is 0 Å². The lowest BCUT2D eigenvalue weighted by Crippen LogP contribution is -2.34. The summed E-state index contributed by atoms with van der Waals surface area (Å²) in [6.45, 7) is 7.27. The van der Waals surface area contributed by atoms with Crippen LogP contribution in [-0.4, -0.2) is 34.3 Å². The highest BCUT2D eigenvalue weighted by Gasteiger charge is 2.18. The van der Waals surface area contributed by atoms with Gasteiger partial charge in [-0.3, -0.25) is 0 Å². The molecule has 23 heavy (non-hydrogen) atoms. The molecule has 0 spiro atoms. The third-order valence-corrected chi connectivity index (χ3v) is 4.29. The molecule has 1 aliphatic rings. The van der Waals surface area contributed by atoms with Gasteiger partial charge in [0.25, 0.3) is 0 Å². The van der Waals surface area contributed by atoms with Crippen LogP contribution in [0.5, 0.6) is 0 Å². The number of hydrogen-bond acceptors (Lipinski definition) is 5. The molecule has 5 heteroatoms. The van der Waals surface area contributed by atoms with Gasteiger partial charge < -0.3 is 9.80 Å². The van der Waals surface area contributed by atoms with E-state index in [0.29, 0.717) is 6.04 Å². The van der Waals surface area contributed by atoms with Crippen molar-refractivity contribution in [2.75, 3.05) is 22.9 Å². The molecule has 2 aromatic rings. The van der Waals surface area contributed by atoms with Crippen molar-refractivity contribution in [3.8, 4) is 0 Å². The van der Waals surface area contributed by atoms with Gasteiger partial charge in [0.15, 0.2) is 5.82 Å². The lowest BCUT2D eigenvalue weighted by Gasteiger charge is -2.30. The molecule has 122 valence electrons. The minimum atomic E-state index is 0.348. The van der Waals surface area contributed by atoms with Gasteiger partial charge in [0, 0.05) is 25.7 Å². The average molecular weight is 311 g/mol. The molecule has 0 atom stereocenters. The van der Waals surface area contributed by atoms with E-state index < -0.39 is 0 Å². The average Bonchev–Trinajstić information content (AvgIpc) is 2.61. The van der Waals surface area contributed by atoms with Gasteiger partial charge in [-0.15, -0.1) is 5.10 Å². The van der Waals surface area contributed by atoms with Gasteiger partial charge in [0.1, 0.15) is 0 Å². The van der Waals surface area contributed by atoms with E-state index in [4.69, 9.17) is 4.98 Å². The van der Waals surface area contributed by atoms with Gasteiger partial charge in [0.2, 0.25) is 5.95 Å². The molecule has 2 heterocycles. The summed E-state index contributed by atoms with van der Waals surface area (Å²) >= 11 is 0. The Hall–Kier alpha value is -2.17. The Kier molecular flexibility index (Phi) is 5.05. The number of piperidine rings is 1. The van der Waals surface area contributed by atoms with E-state index in [1.54, 1.807) is 6.20 Å². The predicted octanol–water partition coefficient (Wildman–Crippen LogP) is 3.28. The molecule has 0 unspecified atom stereocenters. The first-order valence-electron chi connectivity index (χ1n) is 8.49. The van der Waals surface area contributed by atoms with E-state index in [1.807, 2.05) is 6.07 Å². The number of hydrogen-bond donors (Lipinski definition) is 0. The zero-order valence-electron chi connectivity index (χ0n) is 14.0. The first-order valence-corrected chi connectivity index (χ1v) is 8.49. The fourth-order valence-electron chi connectivity index (χ4n) is 2.96. The van der Waals surface area contributed by atoms with Gasteiger partial charge in [-0.05, 0) is 38.7 Å². The van der Waals surface area contributed by atoms with Crippen molar-refractivity contribution < 1.29 is 0 Å². The minimum absolute atomic E-state index is 0.348. The molecule has 1 fully saturated rings. The van der Waals surface area contributed by atoms with Gasteiger partial charge in [-0.1, -0.05) is 30.3 Å². The van der Waals surface area contributed by atoms with Crippen molar-refractivity contribution in [1.82, 2.24) is 15.2 Å². The van der Waals surface area contributed by atoms with Crippen molar-refractivity contribution >= 4 is 11.8 Å². The summed E-state index contributed by atoms with van der Waals surface area (Å²) in [6.07, 6.45) is 5.50. The van der Waals surface area contributed by atoms with Crippen molar-refractivity contribution in [3.05, 3.63) is 42.1 Å². The lowest BCUT2D eigenvalue weighted by atomic mass is 10.1. The maximum Gasteiger partial charge on any atom is 0.247 e. The summed E-state index contributed by atoms with van der Waals surface area (Å²) in [5.74, 6) is 1.67. The lowest BCUT2D eigenvalue weighted by molar-refractivity contribution is 0.563. The van der Waals surface area contributed by atoms with E-state index in [2.05, 4.69) is 58.1 Å². The van der Waals surface area contributed by atoms with Crippen molar-refractivity contribution in [2.45, 2.75) is 45.7 Å². The van der Waals surface area contributed by atoms with Gasteiger partial charge in [-0.25, -0.2) is 0 Å². The van der Waals surface area contributed by atoms with Crippen LogP contribution in [0.25, 0.3) is 0 Å². The molecular formula is C18H25N5. The molecule has 1 saturated heterocycles. The Morgan fingerprint density at radius 2 is 1.83 bits per heavy atom. The van der Waals surface area contributed by atoms with Crippen LogP contribution in [0.1, 0.15) is 38.7 Å². The number of anilines is 2. The van der Waals surface area contributed by atoms with E-state index in [0.717, 1.165) is 31.4 Å². The summed E-state index contributed by atoms with van der Waals surface area (Å²) < 4.78 is 0. The zero-order valence-corrected chi connectivity index (χ0v) is 14.0. The number of rotatable bonds is 5. The highest BCUT2D eigenvalue weighted by Crippen LogP contribution is 2.21. The molecule has 0 radical (unpaired) electrons. The van der Waals surface area contributed by atoms with Gasteiger partial charge >= 0.3 is 0 Å². The maximum atomic E-state index is 4.79. The van der Waals surface area contributed by atoms with E-state index in [1.165, 1.54) is 24.8 Å². The molecule has 0 bridgehead atoms. The summed E-state index contributed by atoms with van der Waals surface area (Å²) in [4.78, 5) is 9.32. The first-order chi connectivity index (χ1) is 11.2. The first kappa shape index (κ1) is 15.7. The third kappa shape index (κ3) is 3.97. The maximum absolute atomic E-state index is 4.79. The van der Waals surface area contributed by atoms with Crippen LogP contribution in [0, 0.1) is 0 Å². The fourth-order valence-corrected chi connectivity index (χ4v) is 2.96. The molecule has 0 amide bonds. The summed E-state index contributed by atoms with van der Waals surface area (Å²) in [7, 11) is 0. The summed E-state index contributed by atoms with van der Waals surface area (Å²) in [5, 5.41) is 8.46. The van der Waals surface area contributed by atoms with Gasteiger partial charge in [-0.2, -0.15) is 10.1 Å². The quantitative estimate of drug-likeness (QED) is 0.848. The normalized spacial score (nSPS) is 15.0. The molecule has 5 nitrogen and oxygen atoms in total. The third-order valence-electron chi connectivity index (χ3n) is 4.29. The number of benzene rings is 1. The van der Waals surface area contributed by atoms with E-state index in [-0.39, 0.29) is 0 Å². The van der Waals surface area contributed by atoms with Crippen LogP contribution >= 0.6 is 0 Å². The second kappa shape index (κ2) is 7.40. The molecule has 1 aliphatic heterocycles. The molecular weight excluding hydrogens is 286 g/mol. The summed E-state index contributed by atoms with van der Waals surface area (Å²) in [6, 6.07) is 10.8. The van der Waals surface area contributed by atoms with Crippen molar-refractivity contribution in [2.24, 2.45) is 0 Å². The Morgan fingerprint density at radius 1 is 1.09 bits per heavy atom. The van der Waals surface area contributed by atoms with E-state index in [9.17, 15) is 0 Å². The Balaban J connectivity index is 1.82. The van der Waals surface area contributed by atoms with Crippen LogP contribution in [0.3, 0.4) is 0 Å². The van der Waals surface area contributed by atoms with E-state index >= 15 is 0 Å². The number of nitrogens with zero attached hydrogens (tertiary/aromatic N) is 5. The smallest absolute Gasteiger partial charge is 0.247 e. The van der Waals surface area contributed by atoms with Crippen LogP contribution in [0.4, 0.5) is 11.8 Å². The largest absolute Gasteiger partial charge is 0.348 e. The van der Waals surface area contributed by atoms with Crippen LogP contribution in [-0.2, 0) is 6.54 Å². The van der Waals surface area contributed by atoms with Gasteiger partial charge in [0.05, 0.1) is 6.20 Å². The minimum Gasteiger partial charge on any atom is -0.348 e. The monoisotopic (exact) mass is 311 g/mol. The van der Waals surface area contributed by atoms with Crippen LogP contribution in [0.15, 0.2) is 36.5 Å². The van der Waals surface area contributed by atoms with Crippen LogP contribution < -0.4 is 9.80 Å². The Labute approximate surface area is 138 Å². The molecule has 1 aromatic carbocycles. The zero-order chi connectivity index (χ0) is 16.1. The Morgan fingerprint density at radius 3 is 2.52 bits per heavy atom. The molecule has 1 aromatic heterocycles. The fraction of sp³-hybridized carbons (Fsp3) is 0.500. The molecule has 0 aliphatic carbocycles. The highest BCUT2D eigenvalue weighted by molar-refractivity contribution is 5.43.